The van der Waals surface area contributed by atoms with Crippen molar-refractivity contribution in [3.63, 3.8) is 0 Å². The molecule has 0 aromatic carbocycles. The summed E-state index contributed by atoms with van der Waals surface area (Å²) in [6.45, 7) is 8.07. The summed E-state index contributed by atoms with van der Waals surface area (Å²) in [5.74, 6) is 0. The largest absolute Gasteiger partial charge is 0.303 e. The lowest BCUT2D eigenvalue weighted by atomic mass is 9.97. The zero-order valence-corrected chi connectivity index (χ0v) is 13.2. The van der Waals surface area contributed by atoms with E-state index in [2.05, 4.69) is 21.2 Å². The van der Waals surface area contributed by atoms with Gasteiger partial charge in [0, 0.05) is 12.6 Å². The first-order valence-corrected chi connectivity index (χ1v) is 8.23. The van der Waals surface area contributed by atoms with Crippen molar-refractivity contribution in [3.8, 4) is 6.07 Å². The smallest absolute Gasteiger partial charge is 0.104 e. The fourth-order valence-corrected chi connectivity index (χ4v) is 3.41. The summed E-state index contributed by atoms with van der Waals surface area (Å²) >= 11 is 0. The van der Waals surface area contributed by atoms with Crippen LogP contribution in [0.3, 0.4) is 0 Å². The van der Waals surface area contributed by atoms with Crippen molar-refractivity contribution in [2.75, 3.05) is 39.8 Å². The van der Waals surface area contributed by atoms with E-state index in [0.29, 0.717) is 0 Å². The van der Waals surface area contributed by atoms with E-state index in [0.717, 1.165) is 19.0 Å². The minimum Gasteiger partial charge on any atom is -0.303 e. The summed E-state index contributed by atoms with van der Waals surface area (Å²) in [4.78, 5) is 5.25. The van der Waals surface area contributed by atoms with Gasteiger partial charge in [0.2, 0.25) is 0 Å². The van der Waals surface area contributed by atoms with Crippen molar-refractivity contribution in [1.82, 2.24) is 15.1 Å². The second kappa shape index (κ2) is 7.40. The van der Waals surface area contributed by atoms with Gasteiger partial charge in [-0.3, -0.25) is 0 Å². The SMILES string of the molecule is CNC(C)(C#N)CCN1CCC(N2CCCCC2)CC1. The summed E-state index contributed by atoms with van der Waals surface area (Å²) in [6, 6.07) is 3.20. The monoisotopic (exact) mass is 278 g/mol. The van der Waals surface area contributed by atoms with Gasteiger partial charge in [0.25, 0.3) is 0 Å². The fraction of sp³-hybridized carbons (Fsp3) is 0.938. The van der Waals surface area contributed by atoms with Crippen molar-refractivity contribution in [2.45, 2.75) is 57.0 Å². The van der Waals surface area contributed by atoms with Gasteiger partial charge in [-0.05, 0) is 72.3 Å². The lowest BCUT2D eigenvalue weighted by Crippen LogP contribution is -2.48. The number of piperidine rings is 2. The lowest BCUT2D eigenvalue weighted by Gasteiger charge is -2.40. The van der Waals surface area contributed by atoms with Crippen LogP contribution in [0.1, 0.15) is 45.4 Å². The zero-order chi connectivity index (χ0) is 14.4. The van der Waals surface area contributed by atoms with E-state index >= 15 is 0 Å². The van der Waals surface area contributed by atoms with Gasteiger partial charge in [-0.1, -0.05) is 6.42 Å². The van der Waals surface area contributed by atoms with Crippen molar-refractivity contribution < 1.29 is 0 Å². The first kappa shape index (κ1) is 15.8. The summed E-state index contributed by atoms with van der Waals surface area (Å²) in [5, 5.41) is 12.3. The van der Waals surface area contributed by atoms with Crippen molar-refractivity contribution in [3.05, 3.63) is 0 Å². The van der Waals surface area contributed by atoms with Crippen molar-refractivity contribution in [2.24, 2.45) is 0 Å². The van der Waals surface area contributed by atoms with E-state index in [1.165, 1.54) is 58.3 Å². The Labute approximate surface area is 124 Å². The third kappa shape index (κ3) is 4.18. The molecule has 0 bridgehead atoms. The highest BCUT2D eigenvalue weighted by Gasteiger charge is 2.27. The number of rotatable bonds is 5. The Morgan fingerprint density at radius 2 is 1.80 bits per heavy atom. The number of nitrogens with one attached hydrogen (secondary N) is 1. The maximum Gasteiger partial charge on any atom is 0.104 e. The predicted octanol–water partition coefficient (Wildman–Crippen LogP) is 1.83. The molecule has 2 heterocycles. The molecule has 1 unspecified atom stereocenters. The van der Waals surface area contributed by atoms with Crippen LogP contribution in [0.2, 0.25) is 0 Å². The minimum absolute atomic E-state index is 0.371. The van der Waals surface area contributed by atoms with Crippen LogP contribution in [-0.2, 0) is 0 Å². The third-order valence-electron chi connectivity index (χ3n) is 5.19. The van der Waals surface area contributed by atoms with Gasteiger partial charge in [-0.25, -0.2) is 0 Å². The standard InChI is InChI=1S/C16H30N4/c1-16(14-17,18-2)8-13-19-11-6-15(7-12-19)20-9-4-3-5-10-20/h15,18H,3-13H2,1-2H3. The molecule has 4 nitrogen and oxygen atoms in total. The highest BCUT2D eigenvalue weighted by atomic mass is 15.2. The summed E-state index contributed by atoms with van der Waals surface area (Å²) in [6.07, 6.45) is 7.73. The molecule has 0 aliphatic carbocycles. The van der Waals surface area contributed by atoms with Gasteiger partial charge in [0.15, 0.2) is 0 Å². The van der Waals surface area contributed by atoms with Crippen LogP contribution in [0.15, 0.2) is 0 Å². The maximum absolute atomic E-state index is 9.19. The Balaban J connectivity index is 1.70. The van der Waals surface area contributed by atoms with E-state index < -0.39 is 0 Å². The summed E-state index contributed by atoms with van der Waals surface area (Å²) < 4.78 is 0. The lowest BCUT2D eigenvalue weighted by molar-refractivity contribution is 0.0899. The van der Waals surface area contributed by atoms with E-state index in [-0.39, 0.29) is 5.54 Å². The maximum atomic E-state index is 9.19. The highest BCUT2D eigenvalue weighted by Crippen LogP contribution is 2.21. The molecule has 2 rings (SSSR count). The van der Waals surface area contributed by atoms with Gasteiger partial charge >= 0.3 is 0 Å². The zero-order valence-electron chi connectivity index (χ0n) is 13.2. The molecule has 0 saturated carbocycles. The number of hydrogen-bond donors (Lipinski definition) is 1. The molecule has 0 radical (unpaired) electrons. The molecule has 4 heteroatoms. The van der Waals surface area contributed by atoms with E-state index in [1.807, 2.05) is 14.0 Å². The summed E-state index contributed by atoms with van der Waals surface area (Å²) in [5.41, 5.74) is -0.371. The number of hydrogen-bond acceptors (Lipinski definition) is 4. The van der Waals surface area contributed by atoms with Gasteiger partial charge in [0.1, 0.15) is 5.54 Å². The Kier molecular flexibility index (Phi) is 5.83. The number of nitriles is 1. The molecule has 2 saturated heterocycles. The first-order chi connectivity index (χ1) is 9.67. The molecule has 0 aromatic rings. The van der Waals surface area contributed by atoms with Crippen LogP contribution < -0.4 is 5.32 Å². The molecule has 0 amide bonds. The fourth-order valence-electron chi connectivity index (χ4n) is 3.41. The van der Waals surface area contributed by atoms with Crippen molar-refractivity contribution in [1.29, 1.82) is 5.26 Å². The minimum atomic E-state index is -0.371. The predicted molar refractivity (Wildman–Crippen MR) is 82.6 cm³/mol. The average molecular weight is 278 g/mol. The molecule has 1 N–H and O–H groups in total. The third-order valence-corrected chi connectivity index (χ3v) is 5.19. The van der Waals surface area contributed by atoms with E-state index in [4.69, 9.17) is 0 Å². The van der Waals surface area contributed by atoms with Crippen LogP contribution in [0.4, 0.5) is 0 Å². The Bertz CT molecular complexity index is 324. The second-order valence-corrected chi connectivity index (χ2v) is 6.61. The van der Waals surface area contributed by atoms with Gasteiger partial charge < -0.3 is 15.1 Å². The topological polar surface area (TPSA) is 42.3 Å². The Morgan fingerprint density at radius 1 is 1.15 bits per heavy atom. The number of likely N-dealkylation sites (tertiary alicyclic amines) is 2. The molecule has 2 aliphatic heterocycles. The van der Waals surface area contributed by atoms with Crippen LogP contribution in [0.5, 0.6) is 0 Å². The molecule has 0 aromatic heterocycles. The number of nitrogens with zero attached hydrogens (tertiary/aromatic N) is 3. The average Bonchev–Trinajstić information content (AvgIpc) is 2.54. The molecule has 20 heavy (non-hydrogen) atoms. The summed E-state index contributed by atoms with van der Waals surface area (Å²) in [7, 11) is 1.88. The van der Waals surface area contributed by atoms with E-state index in [1.54, 1.807) is 0 Å². The molecule has 2 fully saturated rings. The first-order valence-electron chi connectivity index (χ1n) is 8.23. The van der Waals surface area contributed by atoms with Gasteiger partial charge in [-0.2, -0.15) is 5.26 Å². The van der Waals surface area contributed by atoms with Gasteiger partial charge in [-0.15, -0.1) is 0 Å². The molecular weight excluding hydrogens is 248 g/mol. The van der Waals surface area contributed by atoms with E-state index in [9.17, 15) is 5.26 Å². The Hall–Kier alpha value is -0.630. The second-order valence-electron chi connectivity index (χ2n) is 6.61. The Morgan fingerprint density at radius 3 is 2.35 bits per heavy atom. The molecule has 0 spiro atoms. The molecule has 114 valence electrons. The van der Waals surface area contributed by atoms with Crippen molar-refractivity contribution >= 4 is 0 Å². The highest BCUT2D eigenvalue weighted by molar-refractivity contribution is 5.03. The molecule has 1 atom stereocenters. The van der Waals surface area contributed by atoms with Crippen LogP contribution >= 0.6 is 0 Å². The van der Waals surface area contributed by atoms with Gasteiger partial charge in [0.05, 0.1) is 6.07 Å². The van der Waals surface area contributed by atoms with Crippen LogP contribution in [-0.4, -0.2) is 61.2 Å². The normalized spacial score (nSPS) is 26.1. The molecular formula is C16H30N4. The molecule has 2 aliphatic rings. The quantitative estimate of drug-likeness (QED) is 0.833. The van der Waals surface area contributed by atoms with Crippen LogP contribution in [0, 0.1) is 11.3 Å². The van der Waals surface area contributed by atoms with Crippen LogP contribution in [0.25, 0.3) is 0 Å².